The molecule has 2 aromatic rings. The minimum atomic E-state index is -0.532. The first-order valence-corrected chi connectivity index (χ1v) is 7.26. The van der Waals surface area contributed by atoms with Crippen molar-refractivity contribution in [2.45, 2.75) is 29.9 Å². The fraction of sp³-hybridized carbons (Fsp3) is 0.231. The molecule has 8 heteroatoms. The molecule has 1 heterocycles. The molecule has 0 spiro atoms. The predicted octanol–water partition coefficient (Wildman–Crippen LogP) is 3.98. The normalized spacial score (nSPS) is 10.7. The Kier molecular flexibility index (Phi) is 4.98. The van der Waals surface area contributed by atoms with E-state index in [1.807, 2.05) is 0 Å². The van der Waals surface area contributed by atoms with Gasteiger partial charge in [0.05, 0.1) is 11.0 Å². The van der Waals surface area contributed by atoms with Crippen molar-refractivity contribution in [3.8, 4) is 5.88 Å². The van der Waals surface area contributed by atoms with E-state index in [9.17, 15) is 10.1 Å². The Balaban J connectivity index is 2.38. The smallest absolute Gasteiger partial charge is 0.363 e. The summed E-state index contributed by atoms with van der Waals surface area (Å²) in [4.78, 5) is 19.4. The number of hydrogen-bond acceptors (Lipinski definition) is 6. The Labute approximate surface area is 130 Å². The molecule has 0 fully saturated rings. The Morgan fingerprint density at radius 3 is 2.52 bits per heavy atom. The van der Waals surface area contributed by atoms with Crippen LogP contribution in [0.2, 0.25) is 5.02 Å². The monoisotopic (exact) mass is 325 g/mol. The third-order valence-corrected chi connectivity index (χ3v) is 3.57. The topological polar surface area (TPSA) is 78.2 Å². The minimum absolute atomic E-state index is 0.0264. The van der Waals surface area contributed by atoms with E-state index in [-0.39, 0.29) is 22.7 Å². The Bertz CT molecular complexity index is 650. The second-order valence-electron chi connectivity index (χ2n) is 4.31. The summed E-state index contributed by atoms with van der Waals surface area (Å²) in [6.45, 7) is 3.55. The molecule has 110 valence electrons. The molecule has 0 saturated heterocycles. The van der Waals surface area contributed by atoms with Gasteiger partial charge in [0.25, 0.3) is 5.88 Å². The molecular formula is C13H12ClN3O3S. The summed E-state index contributed by atoms with van der Waals surface area (Å²) in [5.74, 6) is -0.0264. The maximum absolute atomic E-state index is 11.3. The van der Waals surface area contributed by atoms with E-state index < -0.39 is 4.92 Å². The van der Waals surface area contributed by atoms with E-state index in [4.69, 9.17) is 16.3 Å². The summed E-state index contributed by atoms with van der Waals surface area (Å²) in [6.07, 6.45) is 1.04. The molecule has 0 saturated carbocycles. The number of ether oxygens (including phenoxy) is 1. The van der Waals surface area contributed by atoms with Crippen LogP contribution in [0.3, 0.4) is 0 Å². The van der Waals surface area contributed by atoms with E-state index >= 15 is 0 Å². The Morgan fingerprint density at radius 1 is 1.29 bits per heavy atom. The first-order valence-electron chi connectivity index (χ1n) is 6.07. The maximum atomic E-state index is 11.3. The molecular weight excluding hydrogens is 314 g/mol. The van der Waals surface area contributed by atoms with Gasteiger partial charge < -0.3 is 4.74 Å². The first kappa shape index (κ1) is 15.5. The molecule has 21 heavy (non-hydrogen) atoms. The zero-order chi connectivity index (χ0) is 15.4. The quantitative estimate of drug-likeness (QED) is 0.470. The summed E-state index contributed by atoms with van der Waals surface area (Å²) in [5, 5.41) is 12.1. The third kappa shape index (κ3) is 4.05. The Hall–Kier alpha value is -1.86. The number of nitro groups is 1. The van der Waals surface area contributed by atoms with Crippen molar-refractivity contribution in [1.29, 1.82) is 0 Å². The van der Waals surface area contributed by atoms with Crippen molar-refractivity contribution in [2.75, 3.05) is 0 Å². The molecule has 6 nitrogen and oxygen atoms in total. The molecule has 0 bridgehead atoms. The standard InChI is InChI=1S/C13H12ClN3O3S/c1-8(2)20-12-11(17(18)19)13(16-7-15-12)21-10-5-3-9(14)4-6-10/h3-8H,1-2H3. The molecule has 1 aromatic carbocycles. The molecule has 0 aliphatic carbocycles. The van der Waals surface area contributed by atoms with Crippen LogP contribution in [-0.4, -0.2) is 21.0 Å². The van der Waals surface area contributed by atoms with E-state index in [0.717, 1.165) is 16.7 Å². The van der Waals surface area contributed by atoms with Gasteiger partial charge in [0.2, 0.25) is 0 Å². The van der Waals surface area contributed by atoms with Crippen molar-refractivity contribution in [2.24, 2.45) is 0 Å². The molecule has 0 radical (unpaired) electrons. The van der Waals surface area contributed by atoms with Gasteiger partial charge >= 0.3 is 5.69 Å². The van der Waals surface area contributed by atoms with Crippen molar-refractivity contribution in [3.05, 3.63) is 45.7 Å². The van der Waals surface area contributed by atoms with Crippen molar-refractivity contribution >= 4 is 29.1 Å². The fourth-order valence-electron chi connectivity index (χ4n) is 1.50. The molecule has 0 aliphatic rings. The molecule has 0 amide bonds. The summed E-state index contributed by atoms with van der Waals surface area (Å²) >= 11 is 6.98. The van der Waals surface area contributed by atoms with Crippen molar-refractivity contribution in [1.82, 2.24) is 9.97 Å². The van der Waals surface area contributed by atoms with Crippen LogP contribution >= 0.6 is 23.4 Å². The summed E-state index contributed by atoms with van der Waals surface area (Å²) in [6, 6.07) is 6.95. The average Bonchev–Trinajstić information content (AvgIpc) is 2.40. The van der Waals surface area contributed by atoms with Gasteiger partial charge in [0.15, 0.2) is 5.03 Å². The fourth-order valence-corrected chi connectivity index (χ4v) is 2.48. The van der Waals surface area contributed by atoms with Crippen LogP contribution < -0.4 is 4.74 Å². The summed E-state index contributed by atoms with van der Waals surface area (Å²) in [5.41, 5.74) is -0.230. The highest BCUT2D eigenvalue weighted by Gasteiger charge is 2.25. The van der Waals surface area contributed by atoms with Crippen LogP contribution in [0.1, 0.15) is 13.8 Å². The van der Waals surface area contributed by atoms with Gasteiger partial charge in [-0.1, -0.05) is 23.4 Å². The third-order valence-electron chi connectivity index (χ3n) is 2.31. The van der Waals surface area contributed by atoms with E-state index in [2.05, 4.69) is 9.97 Å². The summed E-state index contributed by atoms with van der Waals surface area (Å²) in [7, 11) is 0. The number of rotatable bonds is 5. The second-order valence-corrected chi connectivity index (χ2v) is 5.81. The van der Waals surface area contributed by atoms with Crippen LogP contribution in [0.5, 0.6) is 5.88 Å². The highest BCUT2D eigenvalue weighted by molar-refractivity contribution is 7.99. The minimum Gasteiger partial charge on any atom is -0.470 e. The number of halogens is 1. The maximum Gasteiger partial charge on any atom is 0.363 e. The molecule has 0 unspecified atom stereocenters. The van der Waals surface area contributed by atoms with E-state index in [1.54, 1.807) is 38.1 Å². The van der Waals surface area contributed by atoms with Crippen LogP contribution in [0.15, 0.2) is 40.5 Å². The molecule has 0 atom stereocenters. The van der Waals surface area contributed by atoms with Gasteiger partial charge in [-0.3, -0.25) is 10.1 Å². The number of hydrogen-bond donors (Lipinski definition) is 0. The average molecular weight is 326 g/mol. The second kappa shape index (κ2) is 6.73. The van der Waals surface area contributed by atoms with Gasteiger partial charge in [-0.2, -0.15) is 4.98 Å². The van der Waals surface area contributed by atoms with Crippen LogP contribution in [0.25, 0.3) is 0 Å². The highest BCUT2D eigenvalue weighted by atomic mass is 35.5. The lowest BCUT2D eigenvalue weighted by atomic mass is 10.4. The van der Waals surface area contributed by atoms with E-state index in [1.165, 1.54) is 6.33 Å². The zero-order valence-electron chi connectivity index (χ0n) is 11.3. The first-order chi connectivity index (χ1) is 9.97. The number of aromatic nitrogens is 2. The van der Waals surface area contributed by atoms with Crippen molar-refractivity contribution in [3.63, 3.8) is 0 Å². The lowest BCUT2D eigenvalue weighted by Crippen LogP contribution is -2.10. The Morgan fingerprint density at radius 2 is 1.95 bits per heavy atom. The lowest BCUT2D eigenvalue weighted by Gasteiger charge is -2.10. The van der Waals surface area contributed by atoms with Gasteiger partial charge in [-0.25, -0.2) is 4.98 Å². The summed E-state index contributed by atoms with van der Waals surface area (Å²) < 4.78 is 5.38. The van der Waals surface area contributed by atoms with Crippen molar-refractivity contribution < 1.29 is 9.66 Å². The van der Waals surface area contributed by atoms with Gasteiger partial charge in [-0.05, 0) is 38.1 Å². The predicted molar refractivity (Wildman–Crippen MR) is 80.0 cm³/mol. The van der Waals surface area contributed by atoms with Crippen LogP contribution in [0, 0.1) is 10.1 Å². The number of nitrogens with zero attached hydrogens (tertiary/aromatic N) is 3. The van der Waals surface area contributed by atoms with Gasteiger partial charge in [-0.15, -0.1) is 0 Å². The SMILES string of the molecule is CC(C)Oc1ncnc(Sc2ccc(Cl)cc2)c1[N+](=O)[O-]. The van der Waals surface area contributed by atoms with E-state index in [0.29, 0.717) is 5.02 Å². The lowest BCUT2D eigenvalue weighted by molar-refractivity contribution is -0.389. The largest absolute Gasteiger partial charge is 0.470 e. The molecule has 1 aromatic heterocycles. The van der Waals surface area contributed by atoms with Gasteiger partial charge in [0, 0.05) is 9.92 Å². The molecule has 0 N–H and O–H groups in total. The molecule has 2 rings (SSSR count). The number of benzene rings is 1. The molecule has 0 aliphatic heterocycles. The zero-order valence-corrected chi connectivity index (χ0v) is 12.9. The van der Waals surface area contributed by atoms with Gasteiger partial charge in [0.1, 0.15) is 6.33 Å². The van der Waals surface area contributed by atoms with Crippen LogP contribution in [-0.2, 0) is 0 Å². The van der Waals surface area contributed by atoms with Crippen LogP contribution in [0.4, 0.5) is 5.69 Å². The highest BCUT2D eigenvalue weighted by Crippen LogP contribution is 2.38.